The number of halogens is 1. The predicted molar refractivity (Wildman–Crippen MR) is 65.6 cm³/mol. The van der Waals surface area contributed by atoms with Gasteiger partial charge < -0.3 is 21.1 Å². The van der Waals surface area contributed by atoms with Gasteiger partial charge >= 0.3 is 0 Å². The third-order valence-electron chi connectivity index (χ3n) is 2.64. The van der Waals surface area contributed by atoms with Gasteiger partial charge in [0, 0.05) is 13.1 Å². The zero-order chi connectivity index (χ0) is 12.1. The molecule has 0 aromatic carbocycles. The van der Waals surface area contributed by atoms with Crippen LogP contribution in [0, 0.1) is 0 Å². The Balaban J connectivity index is 0.00000256. The van der Waals surface area contributed by atoms with Crippen molar-refractivity contribution in [1.29, 1.82) is 0 Å². The summed E-state index contributed by atoms with van der Waals surface area (Å²) in [4.78, 5) is 24.1. The molecule has 4 N–H and O–H groups in total. The molecule has 1 aliphatic heterocycles. The maximum absolute atomic E-state index is 11.8. The zero-order valence-electron chi connectivity index (χ0n) is 9.93. The topological polar surface area (TPSA) is 98.6 Å². The number of rotatable bonds is 4. The molecule has 2 amide bonds. The Kier molecular flexibility index (Phi) is 7.10. The number of nitrogens with zero attached hydrogens (tertiary/aromatic N) is 1. The summed E-state index contributed by atoms with van der Waals surface area (Å²) in [5.41, 5.74) is 10.6. The van der Waals surface area contributed by atoms with Gasteiger partial charge in [0.25, 0.3) is 0 Å². The number of primary amides is 1. The average Bonchev–Trinajstić information content (AvgIpc) is 2.27. The molecule has 0 aromatic heterocycles. The average molecular weight is 266 g/mol. The van der Waals surface area contributed by atoms with Crippen molar-refractivity contribution in [3.63, 3.8) is 0 Å². The van der Waals surface area contributed by atoms with Gasteiger partial charge in [0.05, 0.1) is 25.2 Å². The summed E-state index contributed by atoms with van der Waals surface area (Å²) >= 11 is 0. The predicted octanol–water partition coefficient (Wildman–Crippen LogP) is -0.752. The largest absolute Gasteiger partial charge is 0.375 e. The molecule has 6 nitrogen and oxygen atoms in total. The van der Waals surface area contributed by atoms with E-state index in [0.29, 0.717) is 19.7 Å². The van der Waals surface area contributed by atoms with Gasteiger partial charge in [-0.25, -0.2) is 0 Å². The van der Waals surface area contributed by atoms with Crippen LogP contribution in [-0.2, 0) is 14.3 Å². The highest BCUT2D eigenvalue weighted by Crippen LogP contribution is 2.09. The van der Waals surface area contributed by atoms with Gasteiger partial charge in [-0.3, -0.25) is 9.59 Å². The van der Waals surface area contributed by atoms with E-state index in [0.717, 1.165) is 6.42 Å². The first-order valence-electron chi connectivity index (χ1n) is 5.48. The number of nitrogens with two attached hydrogens (primary N) is 2. The van der Waals surface area contributed by atoms with Gasteiger partial charge in [0.2, 0.25) is 11.8 Å². The molecule has 1 rings (SSSR count). The highest BCUT2D eigenvalue weighted by Gasteiger charge is 2.27. The number of ether oxygens (including phenoxy) is 1. The Morgan fingerprint density at radius 2 is 2.18 bits per heavy atom. The molecular formula is C10H20ClN3O3. The van der Waals surface area contributed by atoms with Crippen LogP contribution < -0.4 is 11.5 Å². The molecule has 0 radical (unpaired) electrons. The fraction of sp³-hybridized carbons (Fsp3) is 0.800. The standard InChI is InChI=1S/C10H19N3O3.ClH/c1-2-7-6-13(3-4-16-7)10(15)8(11)5-9(12)14;/h7-8H,2-6,11H2,1H3,(H2,12,14);1H. The van der Waals surface area contributed by atoms with Crippen LogP contribution in [-0.4, -0.2) is 48.6 Å². The number of hydrogen-bond acceptors (Lipinski definition) is 4. The third kappa shape index (κ3) is 4.89. The molecule has 100 valence electrons. The lowest BCUT2D eigenvalue weighted by molar-refractivity contribution is -0.141. The van der Waals surface area contributed by atoms with Gasteiger partial charge in [-0.2, -0.15) is 0 Å². The van der Waals surface area contributed by atoms with E-state index < -0.39 is 11.9 Å². The van der Waals surface area contributed by atoms with Gasteiger partial charge in [-0.1, -0.05) is 6.92 Å². The fourth-order valence-corrected chi connectivity index (χ4v) is 1.71. The van der Waals surface area contributed by atoms with Crippen LogP contribution in [0.2, 0.25) is 0 Å². The minimum Gasteiger partial charge on any atom is -0.375 e. The second-order valence-electron chi connectivity index (χ2n) is 3.96. The monoisotopic (exact) mass is 265 g/mol. The Morgan fingerprint density at radius 1 is 1.53 bits per heavy atom. The van der Waals surface area contributed by atoms with Crippen molar-refractivity contribution in [3.8, 4) is 0 Å². The molecule has 2 unspecified atom stereocenters. The van der Waals surface area contributed by atoms with Crippen molar-refractivity contribution in [2.24, 2.45) is 11.5 Å². The minimum absolute atomic E-state index is 0. The summed E-state index contributed by atoms with van der Waals surface area (Å²) in [6, 6.07) is -0.826. The summed E-state index contributed by atoms with van der Waals surface area (Å²) in [5.74, 6) is -0.776. The molecule has 0 spiro atoms. The van der Waals surface area contributed by atoms with Gasteiger partial charge in [-0.05, 0) is 6.42 Å². The van der Waals surface area contributed by atoms with E-state index in [4.69, 9.17) is 16.2 Å². The normalized spacial score (nSPS) is 21.5. The SMILES string of the molecule is CCC1CN(C(=O)C(N)CC(N)=O)CCO1.Cl. The first-order chi connectivity index (χ1) is 7.54. The van der Waals surface area contributed by atoms with E-state index in [1.54, 1.807) is 4.90 Å². The number of morpholine rings is 1. The van der Waals surface area contributed by atoms with Crippen molar-refractivity contribution >= 4 is 24.2 Å². The van der Waals surface area contributed by atoms with Crippen molar-refractivity contribution in [2.45, 2.75) is 31.9 Å². The Hall–Kier alpha value is -0.850. The molecule has 1 fully saturated rings. The number of hydrogen-bond donors (Lipinski definition) is 2. The first-order valence-corrected chi connectivity index (χ1v) is 5.48. The first kappa shape index (κ1) is 16.1. The molecule has 17 heavy (non-hydrogen) atoms. The van der Waals surface area contributed by atoms with Gasteiger partial charge in [0.1, 0.15) is 0 Å². The fourth-order valence-electron chi connectivity index (χ4n) is 1.71. The lowest BCUT2D eigenvalue weighted by atomic mass is 10.1. The maximum atomic E-state index is 11.8. The summed E-state index contributed by atoms with van der Waals surface area (Å²) in [6.07, 6.45) is 0.820. The van der Waals surface area contributed by atoms with Crippen LogP contribution in [0.4, 0.5) is 0 Å². The van der Waals surface area contributed by atoms with Crippen molar-refractivity contribution in [1.82, 2.24) is 4.90 Å². The second kappa shape index (κ2) is 7.47. The number of carbonyl (C=O) groups is 2. The molecule has 1 aliphatic rings. The summed E-state index contributed by atoms with van der Waals surface area (Å²) < 4.78 is 5.44. The van der Waals surface area contributed by atoms with E-state index in [1.165, 1.54) is 0 Å². The quantitative estimate of drug-likeness (QED) is 0.699. The van der Waals surface area contributed by atoms with Crippen LogP contribution >= 0.6 is 12.4 Å². The van der Waals surface area contributed by atoms with E-state index in [2.05, 4.69) is 0 Å². The zero-order valence-corrected chi connectivity index (χ0v) is 10.7. The Morgan fingerprint density at radius 3 is 2.71 bits per heavy atom. The maximum Gasteiger partial charge on any atom is 0.240 e. The highest BCUT2D eigenvalue weighted by molar-refractivity contribution is 5.87. The summed E-state index contributed by atoms with van der Waals surface area (Å²) in [5, 5.41) is 0. The Labute approximate surface area is 107 Å². The molecule has 0 aromatic rings. The van der Waals surface area contributed by atoms with Crippen LogP contribution in [0.15, 0.2) is 0 Å². The number of amides is 2. The number of carbonyl (C=O) groups excluding carboxylic acids is 2. The van der Waals surface area contributed by atoms with E-state index >= 15 is 0 Å². The molecular weight excluding hydrogens is 246 g/mol. The van der Waals surface area contributed by atoms with Gasteiger partial charge in [-0.15, -0.1) is 12.4 Å². The van der Waals surface area contributed by atoms with Crippen LogP contribution in [0.5, 0.6) is 0 Å². The molecule has 0 saturated carbocycles. The van der Waals surface area contributed by atoms with Crippen molar-refractivity contribution in [2.75, 3.05) is 19.7 Å². The highest BCUT2D eigenvalue weighted by atomic mass is 35.5. The molecule has 2 atom stereocenters. The second-order valence-corrected chi connectivity index (χ2v) is 3.96. The molecule has 0 bridgehead atoms. The van der Waals surface area contributed by atoms with Crippen LogP contribution in [0.1, 0.15) is 19.8 Å². The van der Waals surface area contributed by atoms with Crippen molar-refractivity contribution in [3.05, 3.63) is 0 Å². The lowest BCUT2D eigenvalue weighted by Crippen LogP contribution is -2.52. The van der Waals surface area contributed by atoms with E-state index in [-0.39, 0.29) is 30.8 Å². The summed E-state index contributed by atoms with van der Waals surface area (Å²) in [6.45, 7) is 3.60. The van der Waals surface area contributed by atoms with E-state index in [9.17, 15) is 9.59 Å². The molecule has 1 saturated heterocycles. The van der Waals surface area contributed by atoms with Crippen LogP contribution in [0.25, 0.3) is 0 Å². The molecule has 1 heterocycles. The minimum atomic E-state index is -0.826. The van der Waals surface area contributed by atoms with Crippen molar-refractivity contribution < 1.29 is 14.3 Å². The van der Waals surface area contributed by atoms with Crippen LogP contribution in [0.3, 0.4) is 0 Å². The Bertz CT molecular complexity index is 276. The molecule has 7 heteroatoms. The smallest absolute Gasteiger partial charge is 0.240 e. The summed E-state index contributed by atoms with van der Waals surface area (Å²) in [7, 11) is 0. The lowest BCUT2D eigenvalue weighted by Gasteiger charge is -2.33. The van der Waals surface area contributed by atoms with E-state index in [1.807, 2.05) is 6.92 Å². The molecule has 0 aliphatic carbocycles. The van der Waals surface area contributed by atoms with Gasteiger partial charge in [0.15, 0.2) is 0 Å². The third-order valence-corrected chi connectivity index (χ3v) is 2.64.